The number of carboxylic acids is 3. The van der Waals surface area contributed by atoms with Crippen molar-refractivity contribution in [2.45, 2.75) is 93.8 Å². The number of nitrogens with two attached hydrogens (primary N) is 3. The summed E-state index contributed by atoms with van der Waals surface area (Å²) in [4.78, 5) is 164. The Morgan fingerprint density at radius 3 is 1.52 bits per heavy atom. The zero-order valence-electron chi connectivity index (χ0n) is 52.1. The van der Waals surface area contributed by atoms with Crippen LogP contribution in [0.1, 0.15) is 42.9 Å². The highest BCUT2D eigenvalue weighted by Gasteiger charge is 2.36. The molecular weight excluding hydrogens is 1260 g/mol. The number of rotatable bonds is 45. The van der Waals surface area contributed by atoms with Gasteiger partial charge in [-0.25, -0.2) is 0 Å². The number of carboxylic acid groups (broad SMARTS) is 3. The second-order valence-corrected chi connectivity index (χ2v) is 22.9. The van der Waals surface area contributed by atoms with Crippen molar-refractivity contribution in [3.63, 3.8) is 0 Å². The number of unbranched alkanes of at least 4 members (excludes halogenated alkanes) is 1. The summed E-state index contributed by atoms with van der Waals surface area (Å²) < 4.78 is 0. The molecule has 0 radical (unpaired) electrons. The van der Waals surface area contributed by atoms with Gasteiger partial charge in [0.05, 0.1) is 44.9 Å². The molecule has 9 amide bonds. The predicted molar refractivity (Wildman–Crippen MR) is 352 cm³/mol. The highest BCUT2D eigenvalue weighted by molar-refractivity contribution is 7.80. The van der Waals surface area contributed by atoms with Gasteiger partial charge in [0.1, 0.15) is 36.3 Å². The summed E-state index contributed by atoms with van der Waals surface area (Å²) in [6, 6.07) is 15.3. The lowest BCUT2D eigenvalue weighted by atomic mass is 10.0. The van der Waals surface area contributed by atoms with E-state index in [-0.39, 0.29) is 89.4 Å². The van der Waals surface area contributed by atoms with Crippen LogP contribution in [-0.2, 0) is 76.8 Å². The maximum absolute atomic E-state index is 14.8. The average molecular weight is 1350 g/mol. The van der Waals surface area contributed by atoms with Crippen molar-refractivity contribution in [3.8, 4) is 0 Å². The molecule has 0 spiro atoms. The molecule has 4 rings (SSSR count). The summed E-state index contributed by atoms with van der Waals surface area (Å²) in [6.45, 7) is -1.97. The summed E-state index contributed by atoms with van der Waals surface area (Å²) in [5, 5.41) is 60.3. The lowest BCUT2D eigenvalue weighted by Gasteiger charge is -2.28. The molecule has 0 bridgehead atoms. The van der Waals surface area contributed by atoms with E-state index in [1.165, 1.54) is 16.7 Å². The largest absolute Gasteiger partial charge is 0.480 e. The van der Waals surface area contributed by atoms with Crippen molar-refractivity contribution < 1.29 is 78.0 Å². The molecule has 19 N–H and O–H groups in total. The average Bonchev–Trinajstić information content (AvgIpc) is 1.63. The highest BCUT2D eigenvalue weighted by atomic mass is 32.1. The van der Waals surface area contributed by atoms with Crippen LogP contribution in [0.2, 0.25) is 0 Å². The number of para-hydroxylation sites is 1. The number of amides is 9. The molecule has 0 aliphatic carbocycles. The van der Waals surface area contributed by atoms with Crippen LogP contribution >= 0.6 is 25.3 Å². The minimum absolute atomic E-state index is 0.0455. The summed E-state index contributed by atoms with van der Waals surface area (Å²) in [5.74, 6) is -11.6. The maximum Gasteiger partial charge on any atom is 0.317 e. The first kappa shape index (κ1) is 77.7. The number of nitrogens with zero attached hydrogens (tertiary/aromatic N) is 3. The number of primary amides is 1. The molecule has 3 aromatic carbocycles. The van der Waals surface area contributed by atoms with Crippen LogP contribution in [0.15, 0.2) is 91.1 Å². The van der Waals surface area contributed by atoms with Gasteiger partial charge in [-0.05, 0) is 61.9 Å². The molecule has 8 atom stereocenters. The number of aromatic nitrogens is 1. The van der Waals surface area contributed by atoms with Crippen LogP contribution in [0.25, 0.3) is 10.9 Å². The van der Waals surface area contributed by atoms with Gasteiger partial charge in [-0.15, -0.1) is 0 Å². The van der Waals surface area contributed by atoms with Crippen molar-refractivity contribution in [1.29, 1.82) is 0 Å². The molecule has 0 fully saturated rings. The van der Waals surface area contributed by atoms with E-state index in [1.54, 1.807) is 79.0 Å². The molecule has 0 aliphatic heterocycles. The van der Waals surface area contributed by atoms with E-state index >= 15 is 0 Å². The SMILES string of the molecule is C[C@@H](O)[C@H](NC(=O)[C@H](CCCCN)NC(=O)[C@@H](Cc1c[nH]c2ccccc12)NC(=O)[C@H](Cc1ccccc1)NC(=O)[C@H](CS)NC(=O)[C@H](N)Cc1ccccc1)C(=O)N[C@@H](CS)C(=O)NCCNC(=O)CN(CCN(CCN(CC(=O)O)CC(=O)O)CC(=O)O)CC(N)=O. The molecule has 33 heteroatoms. The number of thiol groups is 2. The van der Waals surface area contributed by atoms with E-state index in [0.717, 1.165) is 10.5 Å². The number of hydrogen-bond acceptors (Lipinski definition) is 20. The second-order valence-electron chi connectivity index (χ2n) is 22.2. The van der Waals surface area contributed by atoms with Crippen LogP contribution < -0.4 is 59.7 Å². The van der Waals surface area contributed by atoms with E-state index in [0.29, 0.717) is 28.5 Å². The number of nitrogens with one attached hydrogen (secondary N) is 9. The number of H-pyrrole nitrogens is 1. The number of aliphatic hydroxyl groups excluding tert-OH is 1. The molecular formula is C61H87N15O16S2. The van der Waals surface area contributed by atoms with Gasteiger partial charge in [-0.2, -0.15) is 25.3 Å². The number of aliphatic hydroxyl groups is 1. The standard InChI is InChI=1S/C61H87N15O16S2/c1-37(77)54(61(92)72-47(35-93)56(87)66-21-20-65-50(79)31-75(30-49(64)78)24-22-74(32-51(80)81)23-25-76(33-52(82)83)34-53(84)85)73-57(88)44(18-10-11-19-62)68-59(90)46(28-40-29-67-43-17-9-8-16-41(40)43)70-58(89)45(27-39-14-6-3-7-15-39)69-60(91)48(36-94)71-55(86)42(63)26-38-12-4-2-5-13-38/h2-9,12-17,29,37,42,44-48,54,67,77,93-94H,10-11,18-28,30-36,62-63H2,1H3,(H2,64,78)(H,65,79)(H,66,87)(H,68,90)(H,69,91)(H,70,89)(H,71,86)(H,72,92)(H,73,88)(H,80,81)(H,82,83)(H,84,85)/t37-,42-,44+,45+,46-,47+,48+,54+/m1/s1. The molecule has 0 unspecified atom stereocenters. The lowest BCUT2D eigenvalue weighted by molar-refractivity contribution is -0.143. The van der Waals surface area contributed by atoms with Crippen LogP contribution in [-0.4, -0.2) is 250 Å². The van der Waals surface area contributed by atoms with Crippen LogP contribution in [0, 0.1) is 0 Å². The van der Waals surface area contributed by atoms with Crippen molar-refractivity contribution in [3.05, 3.63) is 108 Å². The van der Waals surface area contributed by atoms with Crippen molar-refractivity contribution in [2.24, 2.45) is 17.2 Å². The summed E-state index contributed by atoms with van der Waals surface area (Å²) in [5.41, 5.74) is 20.2. The molecule has 0 saturated heterocycles. The van der Waals surface area contributed by atoms with Gasteiger partial charge in [0.15, 0.2) is 0 Å². The number of carbonyl (C=O) groups excluding carboxylic acids is 9. The fourth-order valence-corrected chi connectivity index (χ4v) is 10.3. The Kier molecular flexibility index (Phi) is 34.0. The van der Waals surface area contributed by atoms with Gasteiger partial charge in [0, 0.05) is 80.7 Å². The van der Waals surface area contributed by atoms with Crippen LogP contribution in [0.5, 0.6) is 0 Å². The Hall–Kier alpha value is -8.70. The molecule has 94 heavy (non-hydrogen) atoms. The Bertz CT molecular complexity index is 3150. The summed E-state index contributed by atoms with van der Waals surface area (Å²) >= 11 is 8.54. The van der Waals surface area contributed by atoms with E-state index in [4.69, 9.17) is 17.2 Å². The van der Waals surface area contributed by atoms with Crippen LogP contribution in [0.3, 0.4) is 0 Å². The Morgan fingerprint density at radius 2 is 0.968 bits per heavy atom. The molecule has 1 heterocycles. The Labute approximate surface area is 554 Å². The summed E-state index contributed by atoms with van der Waals surface area (Å²) in [7, 11) is 0. The number of hydrogen-bond donors (Lipinski definition) is 18. The zero-order valence-corrected chi connectivity index (χ0v) is 53.9. The Balaban J connectivity index is 1.46. The fourth-order valence-electron chi connectivity index (χ4n) is 9.74. The number of aromatic amines is 1. The third-order valence-corrected chi connectivity index (χ3v) is 15.3. The van der Waals surface area contributed by atoms with Crippen LogP contribution in [0.4, 0.5) is 0 Å². The number of benzene rings is 3. The fraction of sp³-hybridized carbons (Fsp3) is 0.475. The van der Waals surface area contributed by atoms with Crippen molar-refractivity contribution in [2.75, 3.05) is 90.0 Å². The second kappa shape index (κ2) is 41.1. The van der Waals surface area contributed by atoms with Gasteiger partial charge in [0.2, 0.25) is 53.2 Å². The van der Waals surface area contributed by atoms with E-state index in [2.05, 4.69) is 72.8 Å². The molecule has 4 aromatic rings. The summed E-state index contributed by atoms with van der Waals surface area (Å²) in [6.07, 6.45) is 0.648. The topological polar surface area (TPSA) is 486 Å². The highest BCUT2D eigenvalue weighted by Crippen LogP contribution is 2.20. The first-order valence-electron chi connectivity index (χ1n) is 30.3. The van der Waals surface area contributed by atoms with Gasteiger partial charge in [0.25, 0.3) is 0 Å². The number of fused-ring (bicyclic) bond motifs is 1. The lowest BCUT2D eigenvalue weighted by Crippen LogP contribution is -2.62. The molecule has 0 saturated carbocycles. The zero-order chi connectivity index (χ0) is 69.3. The first-order chi connectivity index (χ1) is 44.8. The molecule has 31 nitrogen and oxygen atoms in total. The smallest absolute Gasteiger partial charge is 0.317 e. The number of carbonyl (C=O) groups is 12. The van der Waals surface area contributed by atoms with Gasteiger partial charge in [-0.3, -0.25) is 72.2 Å². The molecule has 1 aromatic heterocycles. The molecule has 514 valence electrons. The number of aliphatic carboxylic acids is 3. The quantitative estimate of drug-likeness (QED) is 0.0147. The molecule has 0 aliphatic rings. The van der Waals surface area contributed by atoms with Gasteiger partial charge < -0.3 is 85.1 Å². The Morgan fingerprint density at radius 1 is 0.511 bits per heavy atom. The minimum Gasteiger partial charge on any atom is -0.480 e. The van der Waals surface area contributed by atoms with E-state index in [9.17, 15) is 78.0 Å². The maximum atomic E-state index is 14.8. The van der Waals surface area contributed by atoms with E-state index in [1.807, 2.05) is 12.1 Å². The normalized spacial score (nSPS) is 13.8. The first-order valence-corrected chi connectivity index (χ1v) is 31.5. The van der Waals surface area contributed by atoms with Gasteiger partial charge >= 0.3 is 17.9 Å². The van der Waals surface area contributed by atoms with Gasteiger partial charge in [-0.1, -0.05) is 78.9 Å². The van der Waals surface area contributed by atoms with Crippen molar-refractivity contribution in [1.82, 2.24) is 62.2 Å². The monoisotopic (exact) mass is 1350 g/mol. The van der Waals surface area contributed by atoms with E-state index < -0.39 is 152 Å². The third kappa shape index (κ3) is 28.3. The van der Waals surface area contributed by atoms with Crippen molar-refractivity contribution >= 4 is 107 Å². The third-order valence-electron chi connectivity index (χ3n) is 14.6. The predicted octanol–water partition coefficient (Wildman–Crippen LogP) is -4.32. The minimum atomic E-state index is -1.73.